The van der Waals surface area contributed by atoms with E-state index in [2.05, 4.69) is 10.3 Å². The third-order valence-electron chi connectivity index (χ3n) is 3.24. The van der Waals surface area contributed by atoms with Gasteiger partial charge in [-0.15, -0.1) is 11.3 Å². The maximum absolute atomic E-state index is 12.0. The third kappa shape index (κ3) is 4.34. The molecule has 6 heteroatoms. The number of anilines is 1. The minimum Gasteiger partial charge on any atom is -0.491 e. The van der Waals surface area contributed by atoms with Gasteiger partial charge in [-0.1, -0.05) is 54.1 Å². The van der Waals surface area contributed by atoms with Gasteiger partial charge in [0.25, 0.3) is 0 Å². The first-order valence-corrected chi connectivity index (χ1v) is 8.66. The fourth-order valence-corrected chi connectivity index (χ4v) is 3.00. The molecule has 0 spiro atoms. The number of benzene rings is 2. The van der Waals surface area contributed by atoms with Crippen LogP contribution < -0.4 is 10.1 Å². The number of rotatable bonds is 6. The Morgan fingerprint density at radius 2 is 1.88 bits per heavy atom. The summed E-state index contributed by atoms with van der Waals surface area (Å²) >= 11 is 7.40. The van der Waals surface area contributed by atoms with Gasteiger partial charge in [0.15, 0.2) is 5.13 Å². The molecule has 3 rings (SSSR count). The van der Waals surface area contributed by atoms with Crippen molar-refractivity contribution >= 4 is 34.0 Å². The lowest BCUT2D eigenvalue weighted by molar-refractivity contribution is -0.116. The Labute approximate surface area is 149 Å². The number of hydrogen-bond acceptors (Lipinski definition) is 4. The second-order valence-electron chi connectivity index (χ2n) is 4.98. The Morgan fingerprint density at radius 1 is 1.12 bits per heavy atom. The lowest BCUT2D eigenvalue weighted by atomic mass is 10.2. The number of carbonyl (C=O) groups excluding carboxylic acids is 1. The molecule has 122 valence electrons. The van der Waals surface area contributed by atoms with Crippen molar-refractivity contribution in [2.75, 3.05) is 11.9 Å². The molecule has 2 aromatic carbocycles. The fraction of sp³-hybridized carbons (Fsp3) is 0.111. The monoisotopic (exact) mass is 358 g/mol. The van der Waals surface area contributed by atoms with Gasteiger partial charge in [-0.25, -0.2) is 4.98 Å². The van der Waals surface area contributed by atoms with Gasteiger partial charge in [0.2, 0.25) is 5.91 Å². The average Bonchev–Trinajstić information content (AvgIpc) is 3.06. The van der Waals surface area contributed by atoms with Crippen molar-refractivity contribution in [3.05, 3.63) is 65.0 Å². The van der Waals surface area contributed by atoms with Crippen molar-refractivity contribution in [1.29, 1.82) is 0 Å². The van der Waals surface area contributed by atoms with E-state index >= 15 is 0 Å². The third-order valence-corrected chi connectivity index (χ3v) is 4.31. The van der Waals surface area contributed by atoms with Crippen LogP contribution in [0.1, 0.15) is 6.42 Å². The Bertz CT molecular complexity index is 821. The van der Waals surface area contributed by atoms with Crippen molar-refractivity contribution in [2.24, 2.45) is 0 Å². The summed E-state index contributed by atoms with van der Waals surface area (Å²) < 4.78 is 5.51. The van der Waals surface area contributed by atoms with E-state index in [1.54, 1.807) is 12.1 Å². The number of hydrogen-bond donors (Lipinski definition) is 1. The number of para-hydroxylation sites is 1. The summed E-state index contributed by atoms with van der Waals surface area (Å²) in [5, 5.41) is 5.82. The molecule has 1 heterocycles. The van der Waals surface area contributed by atoms with E-state index in [4.69, 9.17) is 16.3 Å². The largest absolute Gasteiger partial charge is 0.491 e. The van der Waals surface area contributed by atoms with Crippen LogP contribution in [0, 0.1) is 0 Å². The molecule has 4 nitrogen and oxygen atoms in total. The minimum atomic E-state index is -0.143. The van der Waals surface area contributed by atoms with Gasteiger partial charge in [0.05, 0.1) is 23.7 Å². The summed E-state index contributed by atoms with van der Waals surface area (Å²) in [5.74, 6) is 0.434. The average molecular weight is 359 g/mol. The molecule has 1 aromatic heterocycles. The summed E-state index contributed by atoms with van der Waals surface area (Å²) in [4.78, 5) is 16.4. The van der Waals surface area contributed by atoms with Crippen LogP contribution >= 0.6 is 22.9 Å². The number of aromatic nitrogens is 1. The molecule has 0 atom stereocenters. The van der Waals surface area contributed by atoms with E-state index < -0.39 is 0 Å². The van der Waals surface area contributed by atoms with Gasteiger partial charge in [-0.05, 0) is 12.1 Å². The first-order valence-electron chi connectivity index (χ1n) is 7.40. The summed E-state index contributed by atoms with van der Waals surface area (Å²) in [6.45, 7) is 0.256. The van der Waals surface area contributed by atoms with Crippen molar-refractivity contribution in [3.63, 3.8) is 0 Å². The Morgan fingerprint density at radius 3 is 2.67 bits per heavy atom. The number of amides is 1. The minimum absolute atomic E-state index is 0.143. The van der Waals surface area contributed by atoms with Crippen LogP contribution in [0.2, 0.25) is 5.02 Å². The first-order chi connectivity index (χ1) is 11.7. The highest BCUT2D eigenvalue weighted by Gasteiger charge is 2.08. The van der Waals surface area contributed by atoms with Crippen molar-refractivity contribution in [1.82, 2.24) is 4.98 Å². The van der Waals surface area contributed by atoms with Crippen LogP contribution in [0.3, 0.4) is 0 Å². The molecule has 3 aromatic rings. The van der Waals surface area contributed by atoms with Gasteiger partial charge in [0.1, 0.15) is 5.75 Å². The van der Waals surface area contributed by atoms with Crippen molar-refractivity contribution in [3.8, 4) is 17.0 Å². The molecule has 0 aliphatic heterocycles. The molecule has 0 saturated heterocycles. The summed E-state index contributed by atoms with van der Waals surface area (Å²) in [6.07, 6.45) is 0.228. The maximum atomic E-state index is 12.0. The first kappa shape index (κ1) is 16.5. The Kier molecular flexibility index (Phi) is 5.46. The highest BCUT2D eigenvalue weighted by molar-refractivity contribution is 7.14. The Balaban J connectivity index is 1.51. The standard InChI is InChI=1S/C18H15ClN2O2S/c19-14-8-4-5-9-16(14)23-11-10-17(22)21-18-20-15(12-24-18)13-6-2-1-3-7-13/h1-9,12H,10-11H2,(H,20,21,22). The topological polar surface area (TPSA) is 51.2 Å². The number of ether oxygens (including phenoxy) is 1. The van der Waals surface area contributed by atoms with Gasteiger partial charge in [0, 0.05) is 10.9 Å². The van der Waals surface area contributed by atoms with E-state index in [0.29, 0.717) is 15.9 Å². The molecule has 24 heavy (non-hydrogen) atoms. The zero-order valence-electron chi connectivity index (χ0n) is 12.7. The van der Waals surface area contributed by atoms with Gasteiger partial charge in [-0.3, -0.25) is 4.79 Å². The summed E-state index contributed by atoms with van der Waals surface area (Å²) in [6, 6.07) is 17.0. The lowest BCUT2D eigenvalue weighted by Gasteiger charge is -2.07. The van der Waals surface area contributed by atoms with Crippen LogP contribution in [0.4, 0.5) is 5.13 Å². The van der Waals surface area contributed by atoms with E-state index in [0.717, 1.165) is 11.3 Å². The molecule has 1 amide bonds. The van der Waals surface area contributed by atoms with Crippen molar-refractivity contribution < 1.29 is 9.53 Å². The fourth-order valence-electron chi connectivity index (χ4n) is 2.07. The van der Waals surface area contributed by atoms with Crippen LogP contribution in [0.5, 0.6) is 5.75 Å². The number of thiazole rings is 1. The quantitative estimate of drug-likeness (QED) is 0.683. The molecule has 0 radical (unpaired) electrons. The van der Waals surface area contributed by atoms with Gasteiger partial charge in [-0.2, -0.15) is 0 Å². The van der Waals surface area contributed by atoms with E-state index in [1.807, 2.05) is 47.8 Å². The zero-order valence-corrected chi connectivity index (χ0v) is 14.3. The molecule has 0 aliphatic rings. The highest BCUT2D eigenvalue weighted by Crippen LogP contribution is 2.25. The molecule has 0 unspecified atom stereocenters. The lowest BCUT2D eigenvalue weighted by Crippen LogP contribution is -2.15. The number of carbonyl (C=O) groups is 1. The molecule has 1 N–H and O–H groups in total. The van der Waals surface area contributed by atoms with Gasteiger partial charge < -0.3 is 10.1 Å². The van der Waals surface area contributed by atoms with E-state index in [1.165, 1.54) is 11.3 Å². The SMILES string of the molecule is O=C(CCOc1ccccc1Cl)Nc1nc(-c2ccccc2)cs1. The van der Waals surface area contributed by atoms with E-state index in [9.17, 15) is 4.79 Å². The molecule has 0 fully saturated rings. The second kappa shape index (κ2) is 7.95. The highest BCUT2D eigenvalue weighted by atomic mass is 35.5. The molecular weight excluding hydrogens is 344 g/mol. The molecule has 0 bridgehead atoms. The Hall–Kier alpha value is -2.37. The van der Waals surface area contributed by atoms with Crippen LogP contribution in [0.25, 0.3) is 11.3 Å². The summed E-state index contributed by atoms with van der Waals surface area (Å²) in [7, 11) is 0. The number of nitrogens with one attached hydrogen (secondary N) is 1. The predicted molar refractivity (Wildman–Crippen MR) is 97.7 cm³/mol. The van der Waals surface area contributed by atoms with Crippen molar-refractivity contribution in [2.45, 2.75) is 6.42 Å². The zero-order chi connectivity index (χ0) is 16.8. The summed E-state index contributed by atoms with van der Waals surface area (Å²) in [5.41, 5.74) is 1.87. The smallest absolute Gasteiger partial charge is 0.229 e. The number of nitrogens with zero attached hydrogens (tertiary/aromatic N) is 1. The molecule has 0 aliphatic carbocycles. The normalized spacial score (nSPS) is 10.4. The molecular formula is C18H15ClN2O2S. The second-order valence-corrected chi connectivity index (χ2v) is 6.25. The molecule has 0 saturated carbocycles. The number of halogens is 1. The van der Waals surface area contributed by atoms with Crippen LogP contribution in [-0.2, 0) is 4.79 Å². The van der Waals surface area contributed by atoms with Crippen LogP contribution in [-0.4, -0.2) is 17.5 Å². The van der Waals surface area contributed by atoms with E-state index in [-0.39, 0.29) is 18.9 Å². The van der Waals surface area contributed by atoms with Crippen LogP contribution in [0.15, 0.2) is 60.0 Å². The predicted octanol–water partition coefficient (Wildman–Crippen LogP) is 4.87. The maximum Gasteiger partial charge on any atom is 0.229 e. The van der Waals surface area contributed by atoms with Gasteiger partial charge >= 0.3 is 0 Å².